The van der Waals surface area contributed by atoms with Crippen LogP contribution in [0.2, 0.25) is 0 Å². The Hall–Kier alpha value is -1.35. The maximum atomic E-state index is 12.0. The van der Waals surface area contributed by atoms with Gasteiger partial charge in [-0.15, -0.1) is 24.0 Å². The summed E-state index contributed by atoms with van der Waals surface area (Å²) in [6.07, 6.45) is 7.74. The van der Waals surface area contributed by atoms with Gasteiger partial charge >= 0.3 is 0 Å². The van der Waals surface area contributed by atoms with Gasteiger partial charge in [0.25, 0.3) is 5.91 Å². The van der Waals surface area contributed by atoms with Crippen molar-refractivity contribution in [2.45, 2.75) is 51.9 Å². The first-order valence-corrected chi connectivity index (χ1v) is 10.7. The van der Waals surface area contributed by atoms with Gasteiger partial charge in [-0.2, -0.15) is 0 Å². The van der Waals surface area contributed by atoms with Crippen molar-refractivity contribution in [2.75, 3.05) is 32.8 Å². The summed E-state index contributed by atoms with van der Waals surface area (Å²) in [5.74, 6) is 0.782. The van der Waals surface area contributed by atoms with Gasteiger partial charge in [-0.1, -0.05) is 37.5 Å². The van der Waals surface area contributed by atoms with Gasteiger partial charge in [0.1, 0.15) is 0 Å². The maximum Gasteiger partial charge on any atom is 0.251 e. The average Bonchev–Trinajstić information content (AvgIpc) is 2.73. The number of hydrogen-bond donors (Lipinski definition) is 4. The average molecular weight is 516 g/mol. The molecule has 0 bridgehead atoms. The minimum absolute atomic E-state index is 0. The lowest BCUT2D eigenvalue weighted by Gasteiger charge is -2.35. The highest BCUT2D eigenvalue weighted by molar-refractivity contribution is 14.0. The first-order chi connectivity index (χ1) is 13.7. The first-order valence-electron chi connectivity index (χ1n) is 10.7. The fourth-order valence-corrected chi connectivity index (χ4v) is 3.80. The second-order valence-corrected chi connectivity index (χ2v) is 7.63. The van der Waals surface area contributed by atoms with Crippen LogP contribution in [0.4, 0.5) is 0 Å². The molecule has 0 atom stereocenters. The zero-order valence-corrected chi connectivity index (χ0v) is 19.9. The fourth-order valence-electron chi connectivity index (χ4n) is 3.80. The summed E-state index contributed by atoms with van der Waals surface area (Å²) < 4.78 is 0. The van der Waals surface area contributed by atoms with Crippen LogP contribution in [0.15, 0.2) is 35.3 Å². The molecule has 4 N–H and O–H groups in total. The van der Waals surface area contributed by atoms with Crippen LogP contribution < -0.4 is 16.0 Å². The lowest BCUT2D eigenvalue weighted by Crippen LogP contribution is -2.40. The van der Waals surface area contributed by atoms with Gasteiger partial charge in [-0.3, -0.25) is 9.79 Å². The van der Waals surface area contributed by atoms with E-state index in [0.29, 0.717) is 12.1 Å². The van der Waals surface area contributed by atoms with Gasteiger partial charge in [-0.05, 0) is 50.2 Å². The van der Waals surface area contributed by atoms with E-state index in [2.05, 4.69) is 22.9 Å². The molecule has 6 nitrogen and oxygen atoms in total. The highest BCUT2D eigenvalue weighted by atomic mass is 127. The molecule has 1 aromatic rings. The number of carbonyl (C=O) groups excluding carboxylic acids is 1. The summed E-state index contributed by atoms with van der Waals surface area (Å²) in [7, 11) is 0. The Bertz CT molecular complexity index is 599. The van der Waals surface area contributed by atoms with Crippen molar-refractivity contribution in [2.24, 2.45) is 10.4 Å². The Morgan fingerprint density at radius 1 is 1.07 bits per heavy atom. The third-order valence-electron chi connectivity index (χ3n) is 5.44. The number of guanidine groups is 1. The summed E-state index contributed by atoms with van der Waals surface area (Å²) in [5, 5.41) is 19.1. The molecule has 0 aliphatic heterocycles. The Labute approximate surface area is 192 Å². The summed E-state index contributed by atoms with van der Waals surface area (Å²) >= 11 is 0. The Kier molecular flexibility index (Phi) is 12.9. The van der Waals surface area contributed by atoms with E-state index in [-0.39, 0.29) is 41.9 Å². The Balaban J connectivity index is 0.00000420. The molecule has 1 fully saturated rings. The lowest BCUT2D eigenvalue weighted by molar-refractivity contribution is 0.0953. The third-order valence-corrected chi connectivity index (χ3v) is 5.44. The molecule has 1 amide bonds. The highest BCUT2D eigenvalue weighted by Crippen LogP contribution is 2.39. The van der Waals surface area contributed by atoms with Gasteiger partial charge in [0.15, 0.2) is 5.96 Å². The maximum absolute atomic E-state index is 12.0. The third kappa shape index (κ3) is 9.33. The van der Waals surface area contributed by atoms with Crippen LogP contribution in [0.25, 0.3) is 0 Å². The van der Waals surface area contributed by atoms with Gasteiger partial charge in [0.05, 0.1) is 0 Å². The molecule has 0 saturated heterocycles. The van der Waals surface area contributed by atoms with Crippen LogP contribution in [0.3, 0.4) is 0 Å². The molecular formula is C22H37IN4O2. The minimum Gasteiger partial charge on any atom is -0.396 e. The number of aliphatic hydroxyl groups is 1. The summed E-state index contributed by atoms with van der Waals surface area (Å²) in [5.41, 5.74) is 0.839. The number of hydrogen-bond acceptors (Lipinski definition) is 3. The quantitative estimate of drug-likeness (QED) is 0.166. The van der Waals surface area contributed by atoms with E-state index in [9.17, 15) is 9.90 Å². The van der Waals surface area contributed by atoms with E-state index < -0.39 is 0 Å². The topological polar surface area (TPSA) is 85.8 Å². The summed E-state index contributed by atoms with van der Waals surface area (Å²) in [4.78, 5) is 16.8. The van der Waals surface area contributed by atoms with E-state index in [1.807, 2.05) is 30.3 Å². The molecule has 7 heteroatoms. The lowest BCUT2D eigenvalue weighted by atomic mass is 9.72. The number of benzene rings is 1. The minimum atomic E-state index is -0.0376. The molecular weight excluding hydrogens is 479 g/mol. The molecule has 1 saturated carbocycles. The molecule has 2 rings (SSSR count). The molecule has 164 valence electrons. The number of rotatable bonds is 10. The van der Waals surface area contributed by atoms with Gasteiger partial charge in [0, 0.05) is 38.3 Å². The fraction of sp³-hybridized carbons (Fsp3) is 0.636. The predicted molar refractivity (Wildman–Crippen MR) is 130 cm³/mol. The van der Waals surface area contributed by atoms with E-state index in [1.54, 1.807) is 0 Å². The highest BCUT2D eigenvalue weighted by Gasteiger charge is 2.31. The van der Waals surface area contributed by atoms with Crippen molar-refractivity contribution < 1.29 is 9.90 Å². The summed E-state index contributed by atoms with van der Waals surface area (Å²) in [6, 6.07) is 9.27. The van der Waals surface area contributed by atoms with Crippen molar-refractivity contribution in [3.63, 3.8) is 0 Å². The Morgan fingerprint density at radius 3 is 2.41 bits per heavy atom. The number of nitrogens with one attached hydrogen (secondary N) is 3. The van der Waals surface area contributed by atoms with Crippen molar-refractivity contribution in [1.82, 2.24) is 16.0 Å². The molecule has 29 heavy (non-hydrogen) atoms. The molecule has 1 aromatic carbocycles. The van der Waals surface area contributed by atoms with Crippen LogP contribution in [0, 0.1) is 5.41 Å². The number of carbonyl (C=O) groups is 1. The van der Waals surface area contributed by atoms with Crippen molar-refractivity contribution in [3.05, 3.63) is 35.9 Å². The number of halogens is 1. The zero-order chi connectivity index (χ0) is 20.1. The van der Waals surface area contributed by atoms with Crippen molar-refractivity contribution in [3.8, 4) is 0 Å². The van der Waals surface area contributed by atoms with Crippen LogP contribution >= 0.6 is 24.0 Å². The van der Waals surface area contributed by atoms with Crippen LogP contribution in [-0.2, 0) is 0 Å². The van der Waals surface area contributed by atoms with E-state index in [4.69, 9.17) is 4.99 Å². The van der Waals surface area contributed by atoms with E-state index in [0.717, 1.165) is 51.3 Å². The number of nitrogens with zero attached hydrogens (tertiary/aromatic N) is 1. The molecule has 0 aromatic heterocycles. The predicted octanol–water partition coefficient (Wildman–Crippen LogP) is 3.31. The van der Waals surface area contributed by atoms with Gasteiger partial charge < -0.3 is 21.1 Å². The molecule has 0 spiro atoms. The monoisotopic (exact) mass is 516 g/mol. The van der Waals surface area contributed by atoms with Crippen LogP contribution in [0.1, 0.15) is 62.2 Å². The number of aliphatic hydroxyl groups excluding tert-OH is 1. The zero-order valence-electron chi connectivity index (χ0n) is 17.6. The SMILES string of the molecule is CCNC(=NCC1(CCO)CCCCC1)NCCCNC(=O)c1ccccc1.I. The van der Waals surface area contributed by atoms with E-state index >= 15 is 0 Å². The normalized spacial score (nSPS) is 15.9. The Morgan fingerprint density at radius 2 is 1.76 bits per heavy atom. The second kappa shape index (κ2) is 14.6. The standard InChI is InChI=1S/C22H36N4O2.HI/c1-2-23-21(26-18-22(14-17-27)12-7-4-8-13-22)25-16-9-15-24-20(28)19-10-5-3-6-11-19;/h3,5-6,10-11,27H,2,4,7-9,12-18H2,1H3,(H,24,28)(H2,23,25,26);1H. The molecule has 1 aliphatic rings. The number of amides is 1. The molecule has 0 heterocycles. The molecule has 0 unspecified atom stereocenters. The van der Waals surface area contributed by atoms with Crippen LogP contribution in [-0.4, -0.2) is 49.8 Å². The van der Waals surface area contributed by atoms with Gasteiger partial charge in [-0.25, -0.2) is 0 Å². The smallest absolute Gasteiger partial charge is 0.251 e. The van der Waals surface area contributed by atoms with Crippen molar-refractivity contribution in [1.29, 1.82) is 0 Å². The second-order valence-electron chi connectivity index (χ2n) is 7.63. The van der Waals surface area contributed by atoms with Crippen molar-refractivity contribution >= 4 is 35.8 Å². The molecule has 0 radical (unpaired) electrons. The van der Waals surface area contributed by atoms with E-state index in [1.165, 1.54) is 19.3 Å². The summed E-state index contributed by atoms with van der Waals surface area (Å²) in [6.45, 7) is 5.22. The largest absolute Gasteiger partial charge is 0.396 e. The van der Waals surface area contributed by atoms with Crippen LogP contribution in [0.5, 0.6) is 0 Å². The molecule has 1 aliphatic carbocycles. The first kappa shape index (κ1) is 25.7. The van der Waals surface area contributed by atoms with Gasteiger partial charge in [0.2, 0.25) is 0 Å². The number of aliphatic imine (C=N–C) groups is 1.